The van der Waals surface area contributed by atoms with Gasteiger partial charge < -0.3 is 10.1 Å². The maximum absolute atomic E-state index is 12.5. The molecule has 2 aromatic rings. The minimum atomic E-state index is -0.361. The highest BCUT2D eigenvalue weighted by Crippen LogP contribution is 2.34. The lowest BCUT2D eigenvalue weighted by Gasteiger charge is -2.33. The SMILES string of the molecule is Cc1ncsc1CN1CC[C@H]2C[C@@H](C(=O)Nc3cccnc3)O[C@@H]2C1. The van der Waals surface area contributed by atoms with Crippen molar-refractivity contribution in [3.05, 3.63) is 40.6 Å². The van der Waals surface area contributed by atoms with E-state index in [1.165, 1.54) is 4.88 Å². The monoisotopic (exact) mass is 358 g/mol. The molecule has 0 saturated carbocycles. The van der Waals surface area contributed by atoms with Crippen LogP contribution in [0.15, 0.2) is 30.0 Å². The first-order valence-corrected chi connectivity index (χ1v) is 9.54. The normalized spacial score (nSPS) is 26.4. The summed E-state index contributed by atoms with van der Waals surface area (Å²) >= 11 is 1.71. The van der Waals surface area contributed by atoms with E-state index in [2.05, 4.69) is 27.1 Å². The van der Waals surface area contributed by atoms with Crippen LogP contribution < -0.4 is 5.32 Å². The van der Waals surface area contributed by atoms with Crippen LogP contribution in [0.1, 0.15) is 23.4 Å². The summed E-state index contributed by atoms with van der Waals surface area (Å²) in [6, 6.07) is 3.65. The molecule has 0 bridgehead atoms. The van der Waals surface area contributed by atoms with Crippen LogP contribution in [-0.4, -0.2) is 46.1 Å². The molecular weight excluding hydrogens is 336 g/mol. The van der Waals surface area contributed by atoms with E-state index in [1.54, 1.807) is 23.7 Å². The van der Waals surface area contributed by atoms with Gasteiger partial charge in [0.25, 0.3) is 5.91 Å². The van der Waals surface area contributed by atoms with Crippen molar-refractivity contribution in [3.8, 4) is 0 Å². The number of carbonyl (C=O) groups excluding carboxylic acids is 1. The Morgan fingerprint density at radius 2 is 2.44 bits per heavy atom. The molecule has 0 unspecified atom stereocenters. The summed E-state index contributed by atoms with van der Waals surface area (Å²) in [5.74, 6) is 0.413. The Labute approximate surface area is 151 Å². The second-order valence-corrected chi connectivity index (χ2v) is 7.71. The Morgan fingerprint density at radius 1 is 1.52 bits per heavy atom. The van der Waals surface area contributed by atoms with E-state index >= 15 is 0 Å². The molecule has 0 spiro atoms. The van der Waals surface area contributed by atoms with E-state index < -0.39 is 0 Å². The number of anilines is 1. The average Bonchev–Trinajstić information content (AvgIpc) is 3.22. The number of rotatable bonds is 4. The highest BCUT2D eigenvalue weighted by atomic mass is 32.1. The predicted molar refractivity (Wildman–Crippen MR) is 96.4 cm³/mol. The second kappa shape index (κ2) is 7.19. The van der Waals surface area contributed by atoms with Gasteiger partial charge in [-0.15, -0.1) is 11.3 Å². The van der Waals surface area contributed by atoms with E-state index in [0.717, 1.165) is 38.2 Å². The number of hydrogen-bond donors (Lipinski definition) is 1. The van der Waals surface area contributed by atoms with Crippen LogP contribution in [0.3, 0.4) is 0 Å². The maximum atomic E-state index is 12.5. The number of aryl methyl sites for hydroxylation is 1. The summed E-state index contributed by atoms with van der Waals surface area (Å²) in [5, 5.41) is 2.90. The van der Waals surface area contributed by atoms with Crippen LogP contribution in [0, 0.1) is 12.8 Å². The van der Waals surface area contributed by atoms with Crippen molar-refractivity contribution in [1.29, 1.82) is 0 Å². The van der Waals surface area contributed by atoms with Crippen LogP contribution in [0.25, 0.3) is 0 Å². The fraction of sp³-hybridized carbons (Fsp3) is 0.500. The van der Waals surface area contributed by atoms with Gasteiger partial charge in [0.15, 0.2) is 0 Å². The molecule has 132 valence electrons. The van der Waals surface area contributed by atoms with Crippen molar-refractivity contribution in [2.24, 2.45) is 5.92 Å². The largest absolute Gasteiger partial charge is 0.364 e. The molecule has 1 N–H and O–H groups in total. The number of pyridine rings is 1. The third-order valence-corrected chi connectivity index (χ3v) is 5.99. The number of likely N-dealkylation sites (tertiary alicyclic amines) is 1. The lowest BCUT2D eigenvalue weighted by molar-refractivity contribution is -0.127. The van der Waals surface area contributed by atoms with Gasteiger partial charge >= 0.3 is 0 Å². The van der Waals surface area contributed by atoms with Gasteiger partial charge in [-0.25, -0.2) is 4.98 Å². The molecule has 1 amide bonds. The molecule has 0 aromatic carbocycles. The number of amides is 1. The predicted octanol–water partition coefficient (Wildman–Crippen LogP) is 2.46. The van der Waals surface area contributed by atoms with Gasteiger partial charge in [0.1, 0.15) is 6.10 Å². The fourth-order valence-electron chi connectivity index (χ4n) is 3.65. The van der Waals surface area contributed by atoms with Crippen LogP contribution in [0.2, 0.25) is 0 Å². The van der Waals surface area contributed by atoms with Crippen molar-refractivity contribution in [1.82, 2.24) is 14.9 Å². The first-order valence-electron chi connectivity index (χ1n) is 8.66. The van der Waals surface area contributed by atoms with Crippen LogP contribution >= 0.6 is 11.3 Å². The van der Waals surface area contributed by atoms with E-state index in [1.807, 2.05) is 17.6 Å². The maximum Gasteiger partial charge on any atom is 0.253 e. The van der Waals surface area contributed by atoms with E-state index in [-0.39, 0.29) is 18.1 Å². The van der Waals surface area contributed by atoms with Gasteiger partial charge in [0.2, 0.25) is 0 Å². The number of thiazole rings is 1. The van der Waals surface area contributed by atoms with Gasteiger partial charge in [0.05, 0.1) is 29.2 Å². The molecule has 2 aliphatic heterocycles. The number of ether oxygens (including phenoxy) is 1. The molecule has 0 aliphatic carbocycles. The summed E-state index contributed by atoms with van der Waals surface area (Å²) in [7, 11) is 0. The van der Waals surface area contributed by atoms with E-state index in [9.17, 15) is 4.79 Å². The molecule has 0 radical (unpaired) electrons. The van der Waals surface area contributed by atoms with Crippen molar-refractivity contribution in [2.75, 3.05) is 18.4 Å². The molecule has 3 atom stereocenters. The second-order valence-electron chi connectivity index (χ2n) is 6.77. The fourth-order valence-corrected chi connectivity index (χ4v) is 4.47. The number of hydrogen-bond acceptors (Lipinski definition) is 6. The van der Waals surface area contributed by atoms with Gasteiger partial charge in [-0.2, -0.15) is 0 Å². The van der Waals surface area contributed by atoms with Crippen molar-refractivity contribution in [3.63, 3.8) is 0 Å². The summed E-state index contributed by atoms with van der Waals surface area (Å²) in [6.07, 6.45) is 5.02. The minimum Gasteiger partial charge on any atom is -0.364 e. The Morgan fingerprint density at radius 3 is 3.20 bits per heavy atom. The third kappa shape index (κ3) is 3.73. The molecule has 7 heteroatoms. The lowest BCUT2D eigenvalue weighted by atomic mass is 9.91. The zero-order valence-corrected chi connectivity index (χ0v) is 15.0. The number of piperidine rings is 1. The molecule has 25 heavy (non-hydrogen) atoms. The minimum absolute atomic E-state index is 0.0627. The van der Waals surface area contributed by atoms with Crippen molar-refractivity contribution in [2.45, 2.75) is 38.5 Å². The van der Waals surface area contributed by atoms with Crippen molar-refractivity contribution < 1.29 is 9.53 Å². The summed E-state index contributed by atoms with van der Waals surface area (Å²) in [5.41, 5.74) is 3.74. The molecule has 4 heterocycles. The summed E-state index contributed by atoms with van der Waals surface area (Å²) < 4.78 is 6.09. The highest BCUT2D eigenvalue weighted by molar-refractivity contribution is 7.09. The average molecular weight is 358 g/mol. The zero-order chi connectivity index (χ0) is 17.2. The van der Waals surface area contributed by atoms with Gasteiger partial charge in [-0.05, 0) is 44.4 Å². The summed E-state index contributed by atoms with van der Waals surface area (Å²) in [4.78, 5) is 24.5. The molecule has 6 nitrogen and oxygen atoms in total. The standard InChI is InChI=1S/C18H22N4O2S/c1-12-17(25-11-20-12)10-22-6-4-13-7-15(24-16(13)9-22)18(23)21-14-3-2-5-19-8-14/h2-3,5,8,11,13,15-16H,4,6-7,9-10H2,1H3,(H,21,23)/t13-,15-,16+/m0/s1. The van der Waals surface area contributed by atoms with Crippen molar-refractivity contribution >= 4 is 22.9 Å². The lowest BCUT2D eigenvalue weighted by Crippen LogP contribution is -2.41. The Kier molecular flexibility index (Phi) is 4.78. The molecular formula is C18H22N4O2S. The Bertz CT molecular complexity index is 736. The first-order chi connectivity index (χ1) is 12.2. The number of aromatic nitrogens is 2. The number of nitrogens with zero attached hydrogens (tertiary/aromatic N) is 3. The van der Waals surface area contributed by atoms with Crippen LogP contribution in [-0.2, 0) is 16.1 Å². The highest BCUT2D eigenvalue weighted by Gasteiger charge is 2.41. The van der Waals surface area contributed by atoms with Gasteiger partial charge in [-0.3, -0.25) is 14.7 Å². The van der Waals surface area contributed by atoms with Crippen LogP contribution in [0.5, 0.6) is 0 Å². The van der Waals surface area contributed by atoms with E-state index in [4.69, 9.17) is 4.74 Å². The summed E-state index contributed by atoms with van der Waals surface area (Å²) in [6.45, 7) is 4.93. The van der Waals surface area contributed by atoms with Crippen LogP contribution in [0.4, 0.5) is 5.69 Å². The molecule has 2 saturated heterocycles. The number of carbonyl (C=O) groups is 1. The van der Waals surface area contributed by atoms with Gasteiger partial charge in [0, 0.05) is 24.2 Å². The zero-order valence-electron chi connectivity index (χ0n) is 14.2. The van der Waals surface area contributed by atoms with Gasteiger partial charge in [-0.1, -0.05) is 0 Å². The quantitative estimate of drug-likeness (QED) is 0.909. The smallest absolute Gasteiger partial charge is 0.253 e. The molecule has 2 aliphatic rings. The Hall–Kier alpha value is -1.83. The first kappa shape index (κ1) is 16.6. The topological polar surface area (TPSA) is 67.4 Å². The Balaban J connectivity index is 1.33. The third-order valence-electron chi connectivity index (χ3n) is 5.07. The number of nitrogens with one attached hydrogen (secondary N) is 1. The molecule has 2 fully saturated rings. The molecule has 2 aromatic heterocycles. The number of fused-ring (bicyclic) bond motifs is 1. The molecule has 4 rings (SSSR count). The van der Waals surface area contributed by atoms with E-state index in [0.29, 0.717) is 11.6 Å².